The molecular weight excluding hydrogens is 442 g/mol. The van der Waals surface area contributed by atoms with Gasteiger partial charge in [0.05, 0.1) is 24.6 Å². The second-order valence-corrected chi connectivity index (χ2v) is 8.74. The van der Waals surface area contributed by atoms with E-state index in [1.807, 2.05) is 67.6 Å². The number of ether oxygens (including phenoxy) is 1. The van der Waals surface area contributed by atoms with Gasteiger partial charge in [-0.3, -0.25) is 14.5 Å². The van der Waals surface area contributed by atoms with Crippen LogP contribution < -0.4 is 10.6 Å². The van der Waals surface area contributed by atoms with Gasteiger partial charge in [0, 0.05) is 44.1 Å². The molecule has 1 fully saturated rings. The number of anilines is 1. The van der Waals surface area contributed by atoms with E-state index in [0.29, 0.717) is 12.4 Å². The molecule has 35 heavy (non-hydrogen) atoms. The number of nitrogens with zero attached hydrogens (tertiary/aromatic N) is 3. The summed E-state index contributed by atoms with van der Waals surface area (Å²) in [4.78, 5) is 27.3. The summed E-state index contributed by atoms with van der Waals surface area (Å²) in [5, 5.41) is 10.6. The topological polar surface area (TPSA) is 88.5 Å². The molecule has 0 saturated carbocycles. The van der Waals surface area contributed by atoms with Gasteiger partial charge in [0.2, 0.25) is 11.8 Å². The number of hydrogen-bond acceptors (Lipinski definition) is 5. The van der Waals surface area contributed by atoms with Gasteiger partial charge in [0.25, 0.3) is 0 Å². The number of hydrogen-bond donors (Lipinski definition) is 2. The van der Waals surface area contributed by atoms with E-state index >= 15 is 0 Å². The normalized spacial score (nSPS) is 14.0. The highest BCUT2D eigenvalue weighted by Crippen LogP contribution is 2.25. The van der Waals surface area contributed by atoms with Crippen molar-refractivity contribution in [3.63, 3.8) is 0 Å². The molecule has 0 radical (unpaired) electrons. The van der Waals surface area contributed by atoms with Crippen LogP contribution in [0.2, 0.25) is 0 Å². The Morgan fingerprint density at radius 1 is 0.971 bits per heavy atom. The van der Waals surface area contributed by atoms with Crippen LogP contribution in [-0.2, 0) is 14.3 Å². The van der Waals surface area contributed by atoms with Gasteiger partial charge in [-0.25, -0.2) is 4.68 Å². The Morgan fingerprint density at radius 2 is 1.74 bits per heavy atom. The zero-order valence-corrected chi connectivity index (χ0v) is 20.2. The predicted octanol–water partition coefficient (Wildman–Crippen LogP) is 3.40. The highest BCUT2D eigenvalue weighted by Gasteiger charge is 2.15. The van der Waals surface area contributed by atoms with Gasteiger partial charge in [-0.05, 0) is 37.6 Å². The third-order valence-corrected chi connectivity index (χ3v) is 5.95. The average Bonchev–Trinajstić information content (AvgIpc) is 3.30. The molecule has 2 heterocycles. The van der Waals surface area contributed by atoms with E-state index < -0.39 is 0 Å². The molecule has 1 aliphatic rings. The van der Waals surface area contributed by atoms with Gasteiger partial charge in [-0.15, -0.1) is 0 Å². The summed E-state index contributed by atoms with van der Waals surface area (Å²) < 4.78 is 7.08. The van der Waals surface area contributed by atoms with Crippen molar-refractivity contribution in [1.29, 1.82) is 0 Å². The molecule has 0 bridgehead atoms. The molecule has 0 aliphatic carbocycles. The summed E-state index contributed by atoms with van der Waals surface area (Å²) in [7, 11) is 0. The van der Waals surface area contributed by atoms with Crippen molar-refractivity contribution in [2.24, 2.45) is 0 Å². The van der Waals surface area contributed by atoms with Gasteiger partial charge < -0.3 is 15.4 Å². The fourth-order valence-electron chi connectivity index (χ4n) is 4.05. The monoisotopic (exact) mass is 475 g/mol. The lowest BCUT2D eigenvalue weighted by Gasteiger charge is -2.26. The Hall–Kier alpha value is -3.49. The van der Waals surface area contributed by atoms with Crippen LogP contribution >= 0.6 is 0 Å². The van der Waals surface area contributed by atoms with Gasteiger partial charge in [-0.1, -0.05) is 42.5 Å². The zero-order chi connectivity index (χ0) is 24.5. The Balaban J connectivity index is 1.32. The third kappa shape index (κ3) is 7.24. The zero-order valence-electron chi connectivity index (χ0n) is 20.2. The Kier molecular flexibility index (Phi) is 8.64. The number of carbonyl (C=O) groups is 2. The highest BCUT2D eigenvalue weighted by molar-refractivity contribution is 5.93. The second-order valence-electron chi connectivity index (χ2n) is 8.74. The van der Waals surface area contributed by atoms with Crippen LogP contribution in [0.3, 0.4) is 0 Å². The molecule has 1 aromatic heterocycles. The van der Waals surface area contributed by atoms with Crippen LogP contribution in [0.25, 0.3) is 16.9 Å². The molecule has 2 N–H and O–H groups in total. The van der Waals surface area contributed by atoms with Crippen molar-refractivity contribution in [3.05, 3.63) is 66.2 Å². The molecule has 2 amide bonds. The Morgan fingerprint density at radius 3 is 2.51 bits per heavy atom. The van der Waals surface area contributed by atoms with E-state index in [1.54, 1.807) is 4.68 Å². The summed E-state index contributed by atoms with van der Waals surface area (Å²) in [5.74, 6) is 0.242. The third-order valence-electron chi connectivity index (χ3n) is 5.95. The SMILES string of the molecule is Cc1cccc(-n2nc(-c3ccccc3)cc2NC(=O)CCC(=O)NCCCN2CCOCC2)c1. The fourth-order valence-corrected chi connectivity index (χ4v) is 4.05. The van der Waals surface area contributed by atoms with Crippen molar-refractivity contribution in [2.75, 3.05) is 44.7 Å². The molecule has 1 aliphatic heterocycles. The van der Waals surface area contributed by atoms with Crippen molar-refractivity contribution < 1.29 is 14.3 Å². The molecule has 1 saturated heterocycles. The number of amides is 2. The summed E-state index contributed by atoms with van der Waals surface area (Å²) >= 11 is 0. The van der Waals surface area contributed by atoms with Gasteiger partial charge in [0.15, 0.2) is 0 Å². The van der Waals surface area contributed by atoms with E-state index in [2.05, 4.69) is 15.5 Å². The summed E-state index contributed by atoms with van der Waals surface area (Å²) in [6.07, 6.45) is 1.14. The lowest BCUT2D eigenvalue weighted by molar-refractivity contribution is -0.124. The maximum absolute atomic E-state index is 12.7. The lowest BCUT2D eigenvalue weighted by atomic mass is 10.1. The number of benzene rings is 2. The number of aryl methyl sites for hydroxylation is 1. The molecule has 4 rings (SSSR count). The van der Waals surface area contributed by atoms with Crippen molar-refractivity contribution in [2.45, 2.75) is 26.2 Å². The number of aromatic nitrogens is 2. The van der Waals surface area contributed by atoms with Gasteiger partial charge >= 0.3 is 0 Å². The van der Waals surface area contributed by atoms with Crippen LogP contribution in [-0.4, -0.2) is 65.9 Å². The molecule has 0 unspecified atom stereocenters. The second kappa shape index (κ2) is 12.3. The minimum atomic E-state index is -0.220. The largest absolute Gasteiger partial charge is 0.379 e. The van der Waals surface area contributed by atoms with Crippen LogP contribution in [0.1, 0.15) is 24.8 Å². The first kappa shape index (κ1) is 24.6. The van der Waals surface area contributed by atoms with Crippen molar-refractivity contribution in [3.8, 4) is 16.9 Å². The van der Waals surface area contributed by atoms with Gasteiger partial charge in [0.1, 0.15) is 5.82 Å². The van der Waals surface area contributed by atoms with E-state index in [9.17, 15) is 9.59 Å². The van der Waals surface area contributed by atoms with E-state index in [4.69, 9.17) is 9.84 Å². The molecule has 8 nitrogen and oxygen atoms in total. The molecule has 0 spiro atoms. The number of morpholine rings is 1. The number of carbonyl (C=O) groups excluding carboxylic acids is 2. The van der Waals surface area contributed by atoms with E-state index in [0.717, 1.165) is 61.8 Å². The lowest BCUT2D eigenvalue weighted by Crippen LogP contribution is -2.38. The molecule has 8 heteroatoms. The molecule has 184 valence electrons. The molecule has 3 aromatic rings. The van der Waals surface area contributed by atoms with E-state index in [-0.39, 0.29) is 24.7 Å². The first-order chi connectivity index (χ1) is 17.1. The minimum absolute atomic E-state index is 0.106. The molecule has 2 aromatic carbocycles. The fraction of sp³-hybridized carbons (Fsp3) is 0.370. The van der Waals surface area contributed by atoms with Crippen LogP contribution in [0, 0.1) is 6.92 Å². The first-order valence-electron chi connectivity index (χ1n) is 12.2. The smallest absolute Gasteiger partial charge is 0.226 e. The maximum Gasteiger partial charge on any atom is 0.226 e. The first-order valence-corrected chi connectivity index (χ1v) is 12.2. The molecule has 0 atom stereocenters. The number of nitrogens with one attached hydrogen (secondary N) is 2. The highest BCUT2D eigenvalue weighted by atomic mass is 16.5. The van der Waals surface area contributed by atoms with Crippen LogP contribution in [0.4, 0.5) is 5.82 Å². The molecular formula is C27H33N5O3. The van der Waals surface area contributed by atoms with Crippen molar-refractivity contribution >= 4 is 17.6 Å². The number of rotatable bonds is 10. The van der Waals surface area contributed by atoms with Crippen LogP contribution in [0.5, 0.6) is 0 Å². The standard InChI is InChI=1S/C27H33N5O3/c1-21-7-5-10-23(19-21)32-25(20-24(30-32)22-8-3-2-4-9-22)29-27(34)12-11-26(33)28-13-6-14-31-15-17-35-18-16-31/h2-5,7-10,19-20H,6,11-18H2,1H3,(H,28,33)(H,29,34). The Bertz CT molecular complexity index is 1120. The minimum Gasteiger partial charge on any atom is -0.379 e. The Labute approximate surface area is 206 Å². The quantitative estimate of drug-likeness (QED) is 0.439. The maximum atomic E-state index is 12.7. The summed E-state index contributed by atoms with van der Waals surface area (Å²) in [5.41, 5.74) is 3.69. The van der Waals surface area contributed by atoms with E-state index in [1.165, 1.54) is 0 Å². The van der Waals surface area contributed by atoms with Crippen molar-refractivity contribution in [1.82, 2.24) is 20.0 Å². The van der Waals surface area contributed by atoms with Gasteiger partial charge in [-0.2, -0.15) is 5.10 Å². The average molecular weight is 476 g/mol. The summed E-state index contributed by atoms with van der Waals surface area (Å²) in [6.45, 7) is 7.00. The predicted molar refractivity (Wildman–Crippen MR) is 136 cm³/mol. The summed E-state index contributed by atoms with van der Waals surface area (Å²) in [6, 6.07) is 19.6. The van der Waals surface area contributed by atoms with Crippen LogP contribution in [0.15, 0.2) is 60.7 Å².